The van der Waals surface area contributed by atoms with E-state index in [2.05, 4.69) is 0 Å². The van der Waals surface area contributed by atoms with Crippen LogP contribution >= 0.6 is 9.24 Å². The van der Waals surface area contributed by atoms with E-state index in [1.165, 1.54) is 0 Å². The predicted molar refractivity (Wildman–Crippen MR) is 281 cm³/mol. The molecule has 0 aromatic heterocycles. The Kier molecular flexibility index (Phi) is 20.0. The van der Waals surface area contributed by atoms with Gasteiger partial charge in [0.15, 0.2) is 159 Å². The highest BCUT2D eigenvalue weighted by atomic mass is 31.0. The summed E-state index contributed by atoms with van der Waals surface area (Å²) in [6, 6.07) is 0. The van der Waals surface area contributed by atoms with Gasteiger partial charge in [0.05, 0.1) is 78.2 Å². The molecule has 552 valence electrons. The summed E-state index contributed by atoms with van der Waals surface area (Å²) < 4.78 is 640. The minimum absolute atomic E-state index is 0.178. The zero-order valence-corrected chi connectivity index (χ0v) is 49.7. The van der Waals surface area contributed by atoms with Crippen molar-refractivity contribution in [3.8, 4) is 55.6 Å². The van der Waals surface area contributed by atoms with Gasteiger partial charge in [-0.25, -0.2) is 176 Å². The molecule has 0 amide bonds. The van der Waals surface area contributed by atoms with Crippen molar-refractivity contribution < 1.29 is 176 Å². The highest BCUT2D eigenvalue weighted by Crippen LogP contribution is 2.57. The van der Waals surface area contributed by atoms with E-state index in [9.17, 15) is 48.3 Å². The number of halogens is 40. The van der Waals surface area contributed by atoms with Gasteiger partial charge in [0.25, 0.3) is 0 Å². The third-order valence-electron chi connectivity index (χ3n) is 16.4. The number of hydrogen-bond donors (Lipinski definition) is 0. The third-order valence-corrected chi connectivity index (χ3v) is 17.0. The van der Waals surface area contributed by atoms with Crippen LogP contribution < -0.4 is 0 Å². The summed E-state index contributed by atoms with van der Waals surface area (Å²) in [7, 11) is 1.03. The molecule has 7 atom stereocenters. The lowest BCUT2D eigenvalue weighted by atomic mass is 9.81. The molecule has 0 heterocycles. The highest BCUT2D eigenvalue weighted by Gasteiger charge is 2.51. The number of alkyl halides is 5. The number of benzene rings is 7. The van der Waals surface area contributed by atoms with Gasteiger partial charge in [-0.1, -0.05) is 9.24 Å². The smallest absolute Gasteiger partial charge is 0.200 e. The molecule has 7 aromatic carbocycles. The maximum absolute atomic E-state index is 18.1. The van der Waals surface area contributed by atoms with Gasteiger partial charge < -0.3 is 0 Å². The van der Waals surface area contributed by atoms with Crippen LogP contribution in [0.2, 0.25) is 0 Å². The molecular formula is C63H15F40P. The number of hydrogen-bond acceptors (Lipinski definition) is 0. The standard InChI is InChI=1S/C63H15F40P/c1-4-7(8-53(94)61(102)63(104)62(103)54(8)95)34(75)36(77)9(25(4)66)11-28(69)12(30(71)14(29(11)70)18-39(80)37(78)17(38(79)40(18)81)10-26(67)5(64)2-3-6(65)27(68)35(10)76)13-31(72)15(19-41(82)45(86)21(46(87)42(19)83)23-49(90)55(96)59(100)56(97)50(23)91)33(74)16(32(13)73)20-43(84)47(88)22(48(89)44(20)85)24-51(92)57(98)60(101)58(99)52(24)93/h5,8,26,41,45,53H,2-3,104H2,1H3/b27-6-,35-10+. The minimum Gasteiger partial charge on any atom is -0.244 e. The van der Waals surface area contributed by atoms with Gasteiger partial charge in [0.2, 0.25) is 11.6 Å². The van der Waals surface area contributed by atoms with E-state index in [0.717, 1.165) is 9.24 Å². The molecule has 7 aromatic rings. The first kappa shape index (κ1) is 77.2. The molecule has 41 heteroatoms. The molecule has 7 unspecified atom stereocenters. The first-order valence-electron chi connectivity index (χ1n) is 27.2. The van der Waals surface area contributed by atoms with Crippen LogP contribution in [0.3, 0.4) is 0 Å². The Morgan fingerprint density at radius 2 is 0.462 bits per heavy atom. The molecule has 3 aliphatic rings. The zero-order chi connectivity index (χ0) is 78.1. The molecule has 0 aliphatic heterocycles. The summed E-state index contributed by atoms with van der Waals surface area (Å²) in [5.41, 5.74) is -60.9. The lowest BCUT2D eigenvalue weighted by Crippen LogP contribution is -2.29. The first-order valence-corrected chi connectivity index (χ1v) is 27.8. The fourth-order valence-corrected chi connectivity index (χ4v) is 11.8. The molecule has 10 rings (SSSR count). The molecule has 0 saturated carbocycles. The summed E-state index contributed by atoms with van der Waals surface area (Å²) in [4.78, 5) is 0. The van der Waals surface area contributed by atoms with E-state index in [-0.39, 0.29) is 6.92 Å². The predicted octanol–water partition coefficient (Wildman–Crippen LogP) is 23.8. The fourth-order valence-electron chi connectivity index (χ4n) is 11.5. The minimum atomic E-state index is -5.15. The summed E-state index contributed by atoms with van der Waals surface area (Å²) in [6.07, 6.45) is -25.2. The SMILES string of the molecule is Cc1c(F)c(-c2c(F)c(-c3c(F)c(F)c(/C4=C(F)/C(F)=C(/F)CCC(F)C4F)c(F)c3F)c(F)c(-c3c(F)c(C4=C(F)C(F)=C(c5c(F)c(F)c(F)c(F)c5F)C(F)C4F)c(F)c(-c4c(F)c(F)c(-c5c(F)c(F)c(F)c(F)c5F)c(F)c4F)c3F)c2F)c(F)c(F)c1C1C(F)=C(F)C(P)=C(F)C1F. The van der Waals surface area contributed by atoms with Crippen molar-refractivity contribution in [2.45, 2.75) is 56.5 Å². The Morgan fingerprint density at radius 1 is 0.231 bits per heavy atom. The van der Waals surface area contributed by atoms with E-state index >= 15 is 127 Å². The van der Waals surface area contributed by atoms with Crippen molar-refractivity contribution in [2.75, 3.05) is 0 Å². The maximum Gasteiger partial charge on any atom is 0.200 e. The van der Waals surface area contributed by atoms with Gasteiger partial charge in [-0.2, -0.15) is 0 Å². The summed E-state index contributed by atoms with van der Waals surface area (Å²) in [5.74, 6) is -128. The van der Waals surface area contributed by atoms with Crippen molar-refractivity contribution >= 4 is 26.0 Å². The van der Waals surface area contributed by atoms with Crippen molar-refractivity contribution in [1.82, 2.24) is 0 Å². The quantitative estimate of drug-likeness (QED) is 0.0585. The van der Waals surface area contributed by atoms with Crippen LogP contribution in [0.25, 0.3) is 72.4 Å². The van der Waals surface area contributed by atoms with Crippen LogP contribution in [0.5, 0.6) is 0 Å². The molecule has 0 N–H and O–H groups in total. The Bertz CT molecular complexity index is 5120. The van der Waals surface area contributed by atoms with Crippen LogP contribution in [0.15, 0.2) is 51.9 Å². The van der Waals surface area contributed by atoms with Crippen LogP contribution in [0, 0.1) is 164 Å². The Labute approximate surface area is 549 Å². The second-order valence-electron chi connectivity index (χ2n) is 21.9. The average molecular weight is 1560 g/mol. The number of allylic oxidation sites excluding steroid dienone is 12. The topological polar surface area (TPSA) is 0 Å². The third kappa shape index (κ3) is 10.9. The zero-order valence-electron chi connectivity index (χ0n) is 48.6. The van der Waals surface area contributed by atoms with Crippen LogP contribution in [0.1, 0.15) is 46.6 Å². The second kappa shape index (κ2) is 26.9. The van der Waals surface area contributed by atoms with Gasteiger partial charge in [-0.15, -0.1) is 0 Å². The second-order valence-corrected chi connectivity index (χ2v) is 22.4. The van der Waals surface area contributed by atoms with Crippen molar-refractivity contribution in [1.29, 1.82) is 0 Å². The normalized spacial score (nSPS) is 20.7. The molecular weight excluding hydrogens is 1550 g/mol. The molecule has 104 heavy (non-hydrogen) atoms. The van der Waals surface area contributed by atoms with Crippen molar-refractivity contribution in [3.63, 3.8) is 0 Å². The molecule has 0 radical (unpaired) electrons. The van der Waals surface area contributed by atoms with E-state index in [1.54, 1.807) is 0 Å². The molecule has 0 spiro atoms. The molecule has 0 saturated heterocycles. The van der Waals surface area contributed by atoms with Gasteiger partial charge in [-0.05, 0) is 18.9 Å². The lowest BCUT2D eigenvalue weighted by molar-refractivity contribution is 0.193. The highest BCUT2D eigenvalue weighted by molar-refractivity contribution is 7.23. The Balaban J connectivity index is 1.45. The van der Waals surface area contributed by atoms with Crippen LogP contribution in [-0.4, -0.2) is 30.9 Å². The maximum atomic E-state index is 18.1. The van der Waals surface area contributed by atoms with Crippen LogP contribution in [0.4, 0.5) is 176 Å². The fraction of sp³-hybridized carbons (Fsp3) is 0.143. The van der Waals surface area contributed by atoms with Crippen molar-refractivity contribution in [2.24, 2.45) is 0 Å². The monoisotopic (exact) mass is 1560 g/mol. The van der Waals surface area contributed by atoms with Crippen LogP contribution in [-0.2, 0) is 0 Å². The Hall–Kier alpha value is -9.39. The van der Waals surface area contributed by atoms with E-state index in [0.29, 0.717) is 0 Å². The largest absolute Gasteiger partial charge is 0.244 e. The van der Waals surface area contributed by atoms with Crippen molar-refractivity contribution in [3.05, 3.63) is 237 Å². The lowest BCUT2D eigenvalue weighted by Gasteiger charge is -2.28. The van der Waals surface area contributed by atoms with Gasteiger partial charge in [-0.3, -0.25) is 0 Å². The average Bonchev–Trinajstić information content (AvgIpc) is 0.705. The molecule has 0 fully saturated rings. The van der Waals surface area contributed by atoms with E-state index in [4.69, 9.17) is 0 Å². The Morgan fingerprint density at radius 3 is 0.798 bits per heavy atom. The summed E-state index contributed by atoms with van der Waals surface area (Å²) in [6.45, 7) is -0.178. The molecule has 3 aliphatic carbocycles. The molecule has 0 nitrogen and oxygen atoms in total. The first-order chi connectivity index (χ1) is 48.2. The van der Waals surface area contributed by atoms with Gasteiger partial charge in [0, 0.05) is 34.0 Å². The molecule has 0 bridgehead atoms. The van der Waals surface area contributed by atoms with E-state index in [1.807, 2.05) is 0 Å². The van der Waals surface area contributed by atoms with Gasteiger partial charge >= 0.3 is 0 Å². The van der Waals surface area contributed by atoms with Gasteiger partial charge in [0.1, 0.15) is 64.4 Å². The summed E-state index contributed by atoms with van der Waals surface area (Å²) in [5, 5.41) is -1.71. The number of rotatable bonds is 9. The van der Waals surface area contributed by atoms with E-state index < -0.39 is 359 Å². The summed E-state index contributed by atoms with van der Waals surface area (Å²) >= 11 is 0.